The van der Waals surface area contributed by atoms with Gasteiger partial charge in [0.05, 0.1) is 29.7 Å². The topological polar surface area (TPSA) is 73.3 Å². The number of aliphatic hydroxyl groups is 1. The summed E-state index contributed by atoms with van der Waals surface area (Å²) >= 11 is 0. The van der Waals surface area contributed by atoms with E-state index in [0.29, 0.717) is 13.0 Å². The number of imide groups is 1. The number of likely N-dealkylation sites (tertiary alicyclic amines) is 1. The summed E-state index contributed by atoms with van der Waals surface area (Å²) in [6.45, 7) is 9.16. The van der Waals surface area contributed by atoms with Crippen molar-refractivity contribution in [1.29, 1.82) is 0 Å². The summed E-state index contributed by atoms with van der Waals surface area (Å²) in [6, 6.07) is 8.20. The molecule has 178 valence electrons. The van der Waals surface area contributed by atoms with Crippen molar-refractivity contribution in [1.82, 2.24) is 9.80 Å². The molecule has 1 aromatic carbocycles. The summed E-state index contributed by atoms with van der Waals surface area (Å²) in [5, 5.41) is 10.2. The molecule has 3 fully saturated rings. The Hall–Kier alpha value is -1.83. The Labute approximate surface area is 197 Å². The number of ether oxygens (including phenoxy) is 1. The van der Waals surface area contributed by atoms with Gasteiger partial charge in [0.1, 0.15) is 5.75 Å². The number of nitrogens with zero attached hydrogens (tertiary/aromatic N) is 3. The Bertz CT molecular complexity index is 797. The highest BCUT2D eigenvalue weighted by molar-refractivity contribution is 6.05. The first kappa shape index (κ1) is 24.8. The molecule has 3 atom stereocenters. The molecular weight excluding hydrogens is 430 g/mol. The van der Waals surface area contributed by atoms with Crippen LogP contribution in [0.15, 0.2) is 24.3 Å². The fourth-order valence-corrected chi connectivity index (χ4v) is 5.23. The van der Waals surface area contributed by atoms with Crippen LogP contribution in [-0.4, -0.2) is 78.2 Å². The van der Waals surface area contributed by atoms with E-state index in [2.05, 4.69) is 15.9 Å². The van der Waals surface area contributed by atoms with E-state index in [9.17, 15) is 14.7 Å². The normalized spacial score (nSPS) is 26.3. The van der Waals surface area contributed by atoms with Gasteiger partial charge in [-0.2, -0.15) is 0 Å². The highest BCUT2D eigenvalue weighted by Crippen LogP contribution is 2.38. The molecule has 1 saturated carbocycles. The van der Waals surface area contributed by atoms with Crippen LogP contribution in [0.5, 0.6) is 5.75 Å². The number of amides is 2. The minimum atomic E-state index is -0.657. The second-order valence-electron chi connectivity index (χ2n) is 9.28. The lowest BCUT2D eigenvalue weighted by molar-refractivity contribution is -0.140. The van der Waals surface area contributed by atoms with E-state index >= 15 is 0 Å². The smallest absolute Gasteiger partial charge is 0.235 e. The molecule has 1 N–H and O–H groups in total. The van der Waals surface area contributed by atoms with Gasteiger partial charge >= 0.3 is 0 Å². The Kier molecular flexibility index (Phi) is 8.42. The molecular formula is C24H36ClN3O4. The van der Waals surface area contributed by atoms with Crippen molar-refractivity contribution in [3.63, 3.8) is 0 Å². The lowest BCUT2D eigenvalue weighted by Crippen LogP contribution is -2.47. The molecule has 3 unspecified atom stereocenters. The number of benzene rings is 1. The number of hydrogen-bond donors (Lipinski definition) is 1. The average Bonchev–Trinajstić information content (AvgIpc) is 3.00. The van der Waals surface area contributed by atoms with Gasteiger partial charge in [-0.3, -0.25) is 19.4 Å². The number of carbonyl (C=O) groups excluding carboxylic acids is 2. The van der Waals surface area contributed by atoms with Gasteiger partial charge in [0.2, 0.25) is 11.8 Å². The molecule has 0 spiro atoms. The predicted molar refractivity (Wildman–Crippen MR) is 126 cm³/mol. The third kappa shape index (κ3) is 5.21. The SMILES string of the molecule is CC(C)Oc1ccccc1N1CCN(CCCN2C(=O)C3CCCC(O)C3C2=O)CC1.Cl. The number of hydrogen-bond acceptors (Lipinski definition) is 6. The van der Waals surface area contributed by atoms with Crippen molar-refractivity contribution in [2.24, 2.45) is 11.8 Å². The van der Waals surface area contributed by atoms with E-state index in [-0.39, 0.29) is 36.2 Å². The van der Waals surface area contributed by atoms with E-state index < -0.39 is 12.0 Å². The second kappa shape index (κ2) is 10.9. The molecule has 1 aromatic rings. The summed E-state index contributed by atoms with van der Waals surface area (Å²) in [5.41, 5.74) is 1.14. The number of carbonyl (C=O) groups is 2. The molecule has 1 aliphatic carbocycles. The van der Waals surface area contributed by atoms with Gasteiger partial charge in [-0.1, -0.05) is 18.6 Å². The Morgan fingerprint density at radius 2 is 1.75 bits per heavy atom. The summed E-state index contributed by atoms with van der Waals surface area (Å²) < 4.78 is 5.97. The molecule has 8 heteroatoms. The third-order valence-corrected chi connectivity index (χ3v) is 6.79. The van der Waals surface area contributed by atoms with E-state index in [1.807, 2.05) is 32.0 Å². The molecule has 2 saturated heterocycles. The van der Waals surface area contributed by atoms with E-state index in [1.165, 1.54) is 4.90 Å². The summed E-state index contributed by atoms with van der Waals surface area (Å²) in [6.07, 6.45) is 2.44. The molecule has 2 heterocycles. The van der Waals surface area contributed by atoms with Gasteiger partial charge in [0.25, 0.3) is 0 Å². The predicted octanol–water partition coefficient (Wildman–Crippen LogP) is 2.55. The highest BCUT2D eigenvalue weighted by atomic mass is 35.5. The first-order valence-electron chi connectivity index (χ1n) is 11.7. The van der Waals surface area contributed by atoms with Gasteiger partial charge in [-0.25, -0.2) is 0 Å². The van der Waals surface area contributed by atoms with Crippen molar-refractivity contribution in [3.05, 3.63) is 24.3 Å². The van der Waals surface area contributed by atoms with Gasteiger partial charge in [0.15, 0.2) is 0 Å². The number of halogens is 1. The average molecular weight is 466 g/mol. The van der Waals surface area contributed by atoms with Crippen molar-refractivity contribution in [2.45, 2.75) is 51.7 Å². The van der Waals surface area contributed by atoms with Crippen LogP contribution in [0.1, 0.15) is 39.5 Å². The number of anilines is 1. The molecule has 2 aliphatic heterocycles. The monoisotopic (exact) mass is 465 g/mol. The maximum absolute atomic E-state index is 12.7. The van der Waals surface area contributed by atoms with Crippen molar-refractivity contribution >= 4 is 29.9 Å². The van der Waals surface area contributed by atoms with Gasteiger partial charge in [0, 0.05) is 32.7 Å². The largest absolute Gasteiger partial charge is 0.489 e. The number of para-hydroxylation sites is 2. The Balaban J connectivity index is 0.00000289. The van der Waals surface area contributed by atoms with Crippen LogP contribution >= 0.6 is 12.4 Å². The molecule has 4 rings (SSSR count). The third-order valence-electron chi connectivity index (χ3n) is 6.79. The summed E-state index contributed by atoms with van der Waals surface area (Å²) in [7, 11) is 0. The van der Waals surface area contributed by atoms with Crippen LogP contribution < -0.4 is 9.64 Å². The second-order valence-corrected chi connectivity index (χ2v) is 9.28. The maximum Gasteiger partial charge on any atom is 0.235 e. The zero-order valence-corrected chi connectivity index (χ0v) is 19.9. The highest BCUT2D eigenvalue weighted by Gasteiger charge is 2.51. The zero-order valence-electron chi connectivity index (χ0n) is 19.1. The van der Waals surface area contributed by atoms with Crippen molar-refractivity contribution in [2.75, 3.05) is 44.2 Å². The zero-order chi connectivity index (χ0) is 22.0. The lowest BCUT2D eigenvalue weighted by atomic mass is 9.79. The van der Waals surface area contributed by atoms with Crippen molar-refractivity contribution in [3.8, 4) is 5.75 Å². The first-order valence-corrected chi connectivity index (χ1v) is 11.7. The van der Waals surface area contributed by atoms with E-state index in [4.69, 9.17) is 4.74 Å². The minimum absolute atomic E-state index is 0. The number of rotatable bonds is 7. The summed E-state index contributed by atoms with van der Waals surface area (Å²) in [4.78, 5) is 31.5. The molecule has 7 nitrogen and oxygen atoms in total. The Morgan fingerprint density at radius 1 is 1.03 bits per heavy atom. The van der Waals surface area contributed by atoms with E-state index in [0.717, 1.165) is 63.4 Å². The minimum Gasteiger partial charge on any atom is -0.489 e. The van der Waals surface area contributed by atoms with Crippen LogP contribution in [0.2, 0.25) is 0 Å². The van der Waals surface area contributed by atoms with Crippen LogP contribution in [0.25, 0.3) is 0 Å². The fraction of sp³-hybridized carbons (Fsp3) is 0.667. The molecule has 32 heavy (non-hydrogen) atoms. The molecule has 2 amide bonds. The van der Waals surface area contributed by atoms with Crippen LogP contribution in [0.4, 0.5) is 5.69 Å². The standard InChI is InChI=1S/C24H35N3O4.ClH/c1-17(2)31-21-10-4-3-8-19(21)26-15-13-25(14-16-26)11-6-12-27-23(29)18-7-5-9-20(28)22(18)24(27)30;/h3-4,8,10,17-18,20,22,28H,5-7,9,11-16H2,1-2H3;1H. The number of aliphatic hydroxyl groups excluding tert-OH is 1. The first-order chi connectivity index (χ1) is 15.0. The van der Waals surface area contributed by atoms with Crippen LogP contribution in [0.3, 0.4) is 0 Å². The summed E-state index contributed by atoms with van der Waals surface area (Å²) in [5.74, 6) is -0.0967. The van der Waals surface area contributed by atoms with Crippen molar-refractivity contribution < 1.29 is 19.4 Å². The van der Waals surface area contributed by atoms with Crippen LogP contribution in [-0.2, 0) is 9.59 Å². The molecule has 0 bridgehead atoms. The maximum atomic E-state index is 12.7. The van der Waals surface area contributed by atoms with E-state index in [1.54, 1.807) is 0 Å². The number of fused-ring (bicyclic) bond motifs is 1. The van der Waals surface area contributed by atoms with Crippen LogP contribution in [0, 0.1) is 11.8 Å². The molecule has 0 aromatic heterocycles. The fourth-order valence-electron chi connectivity index (χ4n) is 5.23. The van der Waals surface area contributed by atoms with Gasteiger partial charge < -0.3 is 14.7 Å². The number of piperazine rings is 1. The van der Waals surface area contributed by atoms with Gasteiger partial charge in [-0.05, 0) is 51.8 Å². The Morgan fingerprint density at radius 3 is 2.44 bits per heavy atom. The molecule has 3 aliphatic rings. The van der Waals surface area contributed by atoms with Gasteiger partial charge in [-0.15, -0.1) is 12.4 Å². The molecule has 0 radical (unpaired) electrons. The lowest BCUT2D eigenvalue weighted by Gasteiger charge is -2.37. The quantitative estimate of drug-likeness (QED) is 0.624.